The van der Waals surface area contributed by atoms with E-state index in [1.54, 1.807) is 28.9 Å². The number of ether oxygens (including phenoxy) is 1. The Labute approximate surface area is 214 Å². The molecular weight excluding hydrogens is 472 g/mol. The minimum atomic E-state index is -0.418. The number of amides is 1. The lowest BCUT2D eigenvalue weighted by molar-refractivity contribution is 0.101. The number of rotatable bonds is 6. The molecule has 6 nitrogen and oxygen atoms in total. The summed E-state index contributed by atoms with van der Waals surface area (Å²) in [7, 11) is 0. The number of aryl methyl sites for hydroxylation is 2. The highest BCUT2D eigenvalue weighted by atomic mass is 35.5. The van der Waals surface area contributed by atoms with Crippen molar-refractivity contribution in [2.24, 2.45) is 0 Å². The van der Waals surface area contributed by atoms with Crippen molar-refractivity contribution >= 4 is 23.2 Å². The first kappa shape index (κ1) is 23.3. The van der Waals surface area contributed by atoms with E-state index in [0.717, 1.165) is 28.1 Å². The number of hydrogen-bond donors (Lipinski definition) is 1. The van der Waals surface area contributed by atoms with E-state index in [1.165, 1.54) is 0 Å². The van der Waals surface area contributed by atoms with Gasteiger partial charge in [-0.15, -0.1) is 5.10 Å². The third-order valence-electron chi connectivity index (χ3n) is 5.61. The molecule has 5 rings (SSSR count). The highest BCUT2D eigenvalue weighted by Crippen LogP contribution is 2.27. The number of para-hydroxylation sites is 1. The second-order valence-corrected chi connectivity index (χ2v) is 8.80. The molecule has 0 radical (unpaired) electrons. The maximum Gasteiger partial charge on any atom is 0.295 e. The van der Waals surface area contributed by atoms with Crippen LogP contribution in [-0.2, 0) is 0 Å². The molecule has 0 aliphatic carbocycles. The Hall–Kier alpha value is -4.42. The summed E-state index contributed by atoms with van der Waals surface area (Å²) in [6, 6.07) is 30.1. The molecule has 1 amide bonds. The summed E-state index contributed by atoms with van der Waals surface area (Å²) >= 11 is 6.28. The van der Waals surface area contributed by atoms with Gasteiger partial charge in [0.05, 0.1) is 5.69 Å². The lowest BCUT2D eigenvalue weighted by Crippen LogP contribution is -2.14. The Kier molecular flexibility index (Phi) is 6.52. The molecule has 1 heterocycles. The van der Waals surface area contributed by atoms with Crippen LogP contribution in [0, 0.1) is 13.8 Å². The van der Waals surface area contributed by atoms with E-state index >= 15 is 0 Å². The molecule has 36 heavy (non-hydrogen) atoms. The molecular formula is C29H23ClN4O2. The summed E-state index contributed by atoms with van der Waals surface area (Å²) in [5.41, 5.74) is 4.29. The van der Waals surface area contributed by atoms with Crippen molar-refractivity contribution in [2.45, 2.75) is 13.8 Å². The Morgan fingerprint density at radius 3 is 2.28 bits per heavy atom. The van der Waals surface area contributed by atoms with E-state index in [2.05, 4.69) is 15.4 Å². The summed E-state index contributed by atoms with van der Waals surface area (Å²) in [6.45, 7) is 3.98. The number of nitrogens with one attached hydrogen (secondary N) is 1. The van der Waals surface area contributed by atoms with Gasteiger partial charge in [-0.3, -0.25) is 4.79 Å². The van der Waals surface area contributed by atoms with Gasteiger partial charge in [0.1, 0.15) is 11.5 Å². The third-order valence-corrected chi connectivity index (χ3v) is 5.85. The summed E-state index contributed by atoms with van der Waals surface area (Å²) in [5, 5.41) is 8.00. The highest BCUT2D eigenvalue weighted by molar-refractivity contribution is 6.30. The average Bonchev–Trinajstić information content (AvgIpc) is 3.33. The molecule has 178 valence electrons. The van der Waals surface area contributed by atoms with Gasteiger partial charge in [0.2, 0.25) is 5.82 Å². The van der Waals surface area contributed by atoms with Crippen molar-refractivity contribution in [3.8, 4) is 28.6 Å². The fraction of sp³-hybridized carbons (Fsp3) is 0.0690. The number of anilines is 1. The molecule has 0 bridgehead atoms. The van der Waals surface area contributed by atoms with Crippen molar-refractivity contribution in [1.29, 1.82) is 0 Å². The van der Waals surface area contributed by atoms with Crippen molar-refractivity contribution in [3.63, 3.8) is 0 Å². The van der Waals surface area contributed by atoms with Gasteiger partial charge in [0, 0.05) is 16.3 Å². The van der Waals surface area contributed by atoms with E-state index in [4.69, 9.17) is 16.3 Å². The fourth-order valence-corrected chi connectivity index (χ4v) is 3.86. The zero-order valence-corrected chi connectivity index (χ0v) is 20.5. The topological polar surface area (TPSA) is 69.0 Å². The standard InChI is InChI=1S/C29H23ClN4O2/c1-19-8-11-21(12-9-19)28-32-27(33-34(28)26-18-22(30)13-10-20(26)2)29(35)31-23-14-16-25(17-15-23)36-24-6-4-3-5-7-24/h3-18H,1-2H3,(H,31,35). The van der Waals surface area contributed by atoms with E-state index in [9.17, 15) is 4.79 Å². The fourth-order valence-electron chi connectivity index (χ4n) is 3.69. The van der Waals surface area contributed by atoms with E-state index in [1.807, 2.05) is 86.6 Å². The Balaban J connectivity index is 1.43. The summed E-state index contributed by atoms with van der Waals surface area (Å²) in [5.74, 6) is 1.59. The van der Waals surface area contributed by atoms with Gasteiger partial charge in [0.25, 0.3) is 5.91 Å². The molecule has 1 aromatic heterocycles. The number of halogens is 1. The minimum absolute atomic E-state index is 0.0505. The van der Waals surface area contributed by atoms with Crippen LogP contribution >= 0.6 is 11.6 Å². The molecule has 0 saturated heterocycles. The number of carbonyl (C=O) groups is 1. The second-order valence-electron chi connectivity index (χ2n) is 8.36. The number of hydrogen-bond acceptors (Lipinski definition) is 4. The molecule has 5 aromatic rings. The largest absolute Gasteiger partial charge is 0.457 e. The van der Waals surface area contributed by atoms with Crippen LogP contribution in [0.4, 0.5) is 5.69 Å². The van der Waals surface area contributed by atoms with Crippen LogP contribution in [0.3, 0.4) is 0 Å². The van der Waals surface area contributed by atoms with Crippen LogP contribution in [0.2, 0.25) is 5.02 Å². The maximum absolute atomic E-state index is 13.1. The molecule has 0 aliphatic rings. The van der Waals surface area contributed by atoms with Gasteiger partial charge in [-0.25, -0.2) is 9.67 Å². The van der Waals surface area contributed by atoms with Crippen molar-refractivity contribution in [1.82, 2.24) is 14.8 Å². The monoisotopic (exact) mass is 494 g/mol. The number of carbonyl (C=O) groups excluding carboxylic acids is 1. The van der Waals surface area contributed by atoms with Gasteiger partial charge < -0.3 is 10.1 Å². The lowest BCUT2D eigenvalue weighted by atomic mass is 10.1. The second kappa shape index (κ2) is 10.1. The molecule has 0 unspecified atom stereocenters. The van der Waals surface area contributed by atoms with Crippen LogP contribution in [0.1, 0.15) is 21.7 Å². The van der Waals surface area contributed by atoms with Crippen LogP contribution in [0.5, 0.6) is 11.5 Å². The molecule has 7 heteroatoms. The van der Waals surface area contributed by atoms with Gasteiger partial charge in [0.15, 0.2) is 5.82 Å². The Morgan fingerprint density at radius 1 is 0.861 bits per heavy atom. The summed E-state index contributed by atoms with van der Waals surface area (Å²) in [4.78, 5) is 17.7. The van der Waals surface area contributed by atoms with E-state index < -0.39 is 5.91 Å². The van der Waals surface area contributed by atoms with Crippen molar-refractivity contribution in [3.05, 3.63) is 119 Å². The zero-order valence-electron chi connectivity index (χ0n) is 19.8. The molecule has 0 spiro atoms. The van der Waals surface area contributed by atoms with E-state index in [-0.39, 0.29) is 5.82 Å². The zero-order chi connectivity index (χ0) is 25.1. The molecule has 0 fully saturated rings. The first-order chi connectivity index (χ1) is 17.5. The Bertz CT molecular complexity index is 1510. The average molecular weight is 495 g/mol. The van der Waals surface area contributed by atoms with E-state index in [0.29, 0.717) is 22.3 Å². The van der Waals surface area contributed by atoms with Crippen molar-refractivity contribution in [2.75, 3.05) is 5.32 Å². The van der Waals surface area contributed by atoms with Gasteiger partial charge in [-0.05, 0) is 67.9 Å². The van der Waals surface area contributed by atoms with Gasteiger partial charge >= 0.3 is 0 Å². The van der Waals surface area contributed by atoms with Crippen LogP contribution in [0.25, 0.3) is 17.1 Å². The van der Waals surface area contributed by atoms with Gasteiger partial charge in [-0.2, -0.15) is 0 Å². The molecule has 0 saturated carbocycles. The predicted molar refractivity (Wildman–Crippen MR) is 142 cm³/mol. The molecule has 0 atom stereocenters. The molecule has 1 N–H and O–H groups in total. The van der Waals surface area contributed by atoms with Gasteiger partial charge in [-0.1, -0.05) is 65.7 Å². The molecule has 4 aromatic carbocycles. The third kappa shape index (κ3) is 5.14. The Morgan fingerprint density at radius 2 is 1.56 bits per heavy atom. The lowest BCUT2D eigenvalue weighted by Gasteiger charge is -2.09. The molecule has 0 aliphatic heterocycles. The summed E-state index contributed by atoms with van der Waals surface area (Å²) in [6.07, 6.45) is 0. The minimum Gasteiger partial charge on any atom is -0.457 e. The van der Waals surface area contributed by atoms with Crippen molar-refractivity contribution < 1.29 is 9.53 Å². The SMILES string of the molecule is Cc1ccc(-c2nc(C(=O)Nc3ccc(Oc4ccccc4)cc3)nn2-c2cc(Cl)ccc2C)cc1. The first-order valence-corrected chi connectivity index (χ1v) is 11.8. The number of benzene rings is 4. The normalized spacial score (nSPS) is 10.8. The maximum atomic E-state index is 13.1. The van der Waals surface area contributed by atoms with Crippen LogP contribution < -0.4 is 10.1 Å². The predicted octanol–water partition coefficient (Wildman–Crippen LogP) is 7.25. The quantitative estimate of drug-likeness (QED) is 0.270. The number of aromatic nitrogens is 3. The highest BCUT2D eigenvalue weighted by Gasteiger charge is 2.20. The number of nitrogens with zero attached hydrogens (tertiary/aromatic N) is 3. The first-order valence-electron chi connectivity index (χ1n) is 11.4. The summed E-state index contributed by atoms with van der Waals surface area (Å²) < 4.78 is 7.48. The smallest absolute Gasteiger partial charge is 0.295 e. The van der Waals surface area contributed by atoms with Crippen LogP contribution in [0.15, 0.2) is 97.1 Å². The van der Waals surface area contributed by atoms with Crippen LogP contribution in [-0.4, -0.2) is 20.7 Å².